The molecule has 0 N–H and O–H groups in total. The van der Waals surface area contributed by atoms with Crippen molar-refractivity contribution in [2.75, 3.05) is 27.7 Å². The highest BCUT2D eigenvalue weighted by atomic mass is 16.5. The Morgan fingerprint density at radius 3 is 2.63 bits per heavy atom. The molecule has 3 aromatic rings. The molecular formula is C25H31N9O. The third-order valence-corrected chi connectivity index (χ3v) is 5.37. The first-order chi connectivity index (χ1) is 16.8. The molecule has 0 amide bonds. The van der Waals surface area contributed by atoms with Gasteiger partial charge in [0.15, 0.2) is 0 Å². The van der Waals surface area contributed by atoms with E-state index < -0.39 is 0 Å². The number of benzene rings is 1. The van der Waals surface area contributed by atoms with Gasteiger partial charge in [0.2, 0.25) is 5.82 Å². The predicted molar refractivity (Wildman–Crippen MR) is 137 cm³/mol. The summed E-state index contributed by atoms with van der Waals surface area (Å²) < 4.78 is 7.32. The molecule has 0 aliphatic carbocycles. The average molecular weight is 474 g/mol. The minimum Gasteiger partial charge on any atom is -0.379 e. The van der Waals surface area contributed by atoms with Crippen molar-refractivity contribution in [1.29, 1.82) is 0 Å². The summed E-state index contributed by atoms with van der Waals surface area (Å²) in [4.78, 5) is 13.2. The van der Waals surface area contributed by atoms with Crippen LogP contribution in [0.5, 0.6) is 0 Å². The second-order valence-electron chi connectivity index (χ2n) is 8.19. The van der Waals surface area contributed by atoms with Crippen LogP contribution in [0.1, 0.15) is 25.3 Å². The summed E-state index contributed by atoms with van der Waals surface area (Å²) in [7, 11) is 5.96. The Bertz CT molecular complexity index is 1250. The first-order valence-corrected chi connectivity index (χ1v) is 11.0. The lowest BCUT2D eigenvalue weighted by atomic mass is 10.1. The van der Waals surface area contributed by atoms with Crippen LogP contribution in [0.2, 0.25) is 0 Å². The minimum atomic E-state index is 0.403. The van der Waals surface area contributed by atoms with Gasteiger partial charge in [-0.05, 0) is 42.0 Å². The van der Waals surface area contributed by atoms with Crippen LogP contribution in [0.25, 0.3) is 17.0 Å². The number of hydrogen-bond donors (Lipinski definition) is 0. The van der Waals surface area contributed by atoms with Gasteiger partial charge >= 0.3 is 0 Å². The van der Waals surface area contributed by atoms with Crippen LogP contribution in [-0.2, 0) is 6.54 Å². The van der Waals surface area contributed by atoms with E-state index in [1.165, 1.54) is 0 Å². The Labute approximate surface area is 205 Å². The van der Waals surface area contributed by atoms with Gasteiger partial charge in [-0.3, -0.25) is 4.99 Å². The summed E-state index contributed by atoms with van der Waals surface area (Å²) >= 11 is 0. The number of aliphatic imine (C=N–C) groups is 1. The number of nitrogens with zero attached hydrogens (tertiary/aromatic N) is 9. The van der Waals surface area contributed by atoms with E-state index in [2.05, 4.69) is 48.7 Å². The SMILES string of the molecule is C=CC(C)=N/C=C(\C)N(C)C/C(=C(/C=C)c1nc(-c2cccc(Cn3cnnn3)c2)no1)N(C)C. The molecule has 1 aromatic carbocycles. The Morgan fingerprint density at radius 1 is 1.17 bits per heavy atom. The lowest BCUT2D eigenvalue weighted by Crippen LogP contribution is -2.27. The largest absolute Gasteiger partial charge is 0.379 e. The van der Waals surface area contributed by atoms with E-state index in [-0.39, 0.29) is 0 Å². The van der Waals surface area contributed by atoms with Crippen molar-refractivity contribution in [2.45, 2.75) is 20.4 Å². The Hall–Kier alpha value is -4.34. The topological polar surface area (TPSA) is 101 Å². The van der Waals surface area contributed by atoms with Crippen LogP contribution < -0.4 is 0 Å². The number of hydrogen-bond acceptors (Lipinski definition) is 9. The molecule has 0 unspecified atom stereocenters. The van der Waals surface area contributed by atoms with E-state index >= 15 is 0 Å². The van der Waals surface area contributed by atoms with Crippen LogP contribution in [-0.4, -0.2) is 73.5 Å². The van der Waals surface area contributed by atoms with Crippen molar-refractivity contribution < 1.29 is 4.52 Å². The number of tetrazole rings is 1. The molecule has 0 bridgehead atoms. The molecule has 0 spiro atoms. The average Bonchev–Trinajstić information content (AvgIpc) is 3.54. The molecule has 0 fully saturated rings. The first-order valence-electron chi connectivity index (χ1n) is 11.0. The van der Waals surface area contributed by atoms with Crippen molar-refractivity contribution in [1.82, 2.24) is 40.1 Å². The van der Waals surface area contributed by atoms with Crippen molar-refractivity contribution >= 4 is 11.3 Å². The molecule has 3 rings (SSSR count). The normalized spacial score (nSPS) is 12.8. The molecule has 0 saturated heterocycles. The van der Waals surface area contributed by atoms with Crippen molar-refractivity contribution in [2.24, 2.45) is 4.99 Å². The van der Waals surface area contributed by atoms with Crippen molar-refractivity contribution in [3.05, 3.63) is 85.0 Å². The third kappa shape index (κ3) is 6.59. The van der Waals surface area contributed by atoms with Gasteiger partial charge in [0, 0.05) is 50.0 Å². The summed E-state index contributed by atoms with van der Waals surface area (Å²) in [6.07, 6.45) is 6.86. The molecule has 2 aromatic heterocycles. The number of rotatable bonds is 11. The maximum Gasteiger partial charge on any atom is 0.260 e. The molecule has 35 heavy (non-hydrogen) atoms. The van der Waals surface area contributed by atoms with Gasteiger partial charge in [-0.1, -0.05) is 42.6 Å². The van der Waals surface area contributed by atoms with Crippen LogP contribution in [0, 0.1) is 0 Å². The molecule has 10 nitrogen and oxygen atoms in total. The van der Waals surface area contributed by atoms with E-state index in [9.17, 15) is 0 Å². The molecule has 0 saturated carbocycles. The summed E-state index contributed by atoms with van der Waals surface area (Å²) in [5.74, 6) is 0.898. The predicted octanol–water partition coefficient (Wildman–Crippen LogP) is 3.67. The quantitative estimate of drug-likeness (QED) is 0.307. The van der Waals surface area contributed by atoms with Crippen molar-refractivity contribution in [3.63, 3.8) is 0 Å². The summed E-state index contributed by atoms with van der Waals surface area (Å²) in [6.45, 7) is 12.8. The van der Waals surface area contributed by atoms with Crippen LogP contribution in [0.15, 0.2) is 83.0 Å². The second-order valence-corrected chi connectivity index (χ2v) is 8.19. The third-order valence-electron chi connectivity index (χ3n) is 5.37. The van der Waals surface area contributed by atoms with Gasteiger partial charge in [-0.2, -0.15) is 4.98 Å². The first kappa shape index (κ1) is 25.3. The maximum atomic E-state index is 5.66. The minimum absolute atomic E-state index is 0.403. The van der Waals surface area contributed by atoms with Crippen LogP contribution in [0.4, 0.5) is 0 Å². The van der Waals surface area contributed by atoms with Crippen LogP contribution >= 0.6 is 0 Å². The van der Waals surface area contributed by atoms with Gasteiger partial charge in [0.1, 0.15) is 6.33 Å². The number of allylic oxidation sites excluding steroid dienone is 4. The highest BCUT2D eigenvalue weighted by molar-refractivity contribution is 5.92. The van der Waals surface area contributed by atoms with Gasteiger partial charge in [-0.15, -0.1) is 5.10 Å². The molecule has 0 aliphatic rings. The lowest BCUT2D eigenvalue weighted by Gasteiger charge is -2.26. The van der Waals surface area contributed by atoms with E-state index in [0.717, 1.165) is 33.8 Å². The summed E-state index contributed by atoms with van der Waals surface area (Å²) in [6, 6.07) is 7.88. The zero-order valence-corrected chi connectivity index (χ0v) is 20.9. The highest BCUT2D eigenvalue weighted by Crippen LogP contribution is 2.25. The smallest absolute Gasteiger partial charge is 0.260 e. The van der Waals surface area contributed by atoms with E-state index in [0.29, 0.717) is 24.8 Å². The van der Waals surface area contributed by atoms with E-state index in [1.54, 1.807) is 23.2 Å². The number of aromatic nitrogens is 6. The van der Waals surface area contributed by atoms with E-state index in [4.69, 9.17) is 4.52 Å². The van der Waals surface area contributed by atoms with Gasteiger partial charge in [0.25, 0.3) is 5.89 Å². The molecule has 0 radical (unpaired) electrons. The van der Waals surface area contributed by atoms with E-state index in [1.807, 2.05) is 70.4 Å². The Kier molecular flexibility index (Phi) is 8.44. The molecule has 182 valence electrons. The fraction of sp³-hybridized carbons (Fsp3) is 0.280. The second kappa shape index (κ2) is 11.7. The van der Waals surface area contributed by atoms with Gasteiger partial charge in [-0.25, -0.2) is 4.68 Å². The molecular weight excluding hydrogens is 442 g/mol. The molecule has 2 heterocycles. The standard InChI is InChI=1S/C25H31N9O/c1-8-18(3)26-14-19(4)33(7)16-23(32(5)6)22(9-2)25-28-24(29-35-25)21-12-10-11-20(13-21)15-34-17-27-30-31-34/h8-14,17H,1-2,15-16H2,3-7H3/b19-14+,23-22+,26-18?. The molecule has 0 aliphatic heterocycles. The van der Waals surface area contributed by atoms with Gasteiger partial charge < -0.3 is 14.3 Å². The van der Waals surface area contributed by atoms with Gasteiger partial charge in [0.05, 0.1) is 18.7 Å². The molecule has 10 heteroatoms. The zero-order valence-electron chi connectivity index (χ0n) is 20.9. The fourth-order valence-electron chi connectivity index (χ4n) is 3.19. The Balaban J connectivity index is 1.88. The monoisotopic (exact) mass is 473 g/mol. The Morgan fingerprint density at radius 2 is 1.97 bits per heavy atom. The zero-order chi connectivity index (χ0) is 25.4. The van der Waals surface area contributed by atoms with Crippen LogP contribution in [0.3, 0.4) is 0 Å². The molecule has 0 atom stereocenters. The number of likely N-dealkylation sites (N-methyl/N-ethyl adjacent to an activating group) is 2. The summed E-state index contributed by atoms with van der Waals surface area (Å²) in [5, 5.41) is 15.5. The lowest BCUT2D eigenvalue weighted by molar-refractivity contribution is 0.381. The summed E-state index contributed by atoms with van der Waals surface area (Å²) in [5.41, 5.74) is 5.46. The van der Waals surface area contributed by atoms with Crippen molar-refractivity contribution in [3.8, 4) is 11.4 Å². The maximum absolute atomic E-state index is 5.66. The fourth-order valence-corrected chi connectivity index (χ4v) is 3.19. The highest BCUT2D eigenvalue weighted by Gasteiger charge is 2.18.